The van der Waals surface area contributed by atoms with Crippen LogP contribution in [0.1, 0.15) is 58.8 Å². The molecule has 0 spiro atoms. The SMILES string of the molecule is C=CC=O.CC1CC=C2C3=C(CCC21)C1(C)CCC(=O)C=C1CC3. The largest absolute Gasteiger partial charge is 0.299 e. The van der Waals surface area contributed by atoms with E-state index in [1.165, 1.54) is 37.3 Å². The molecule has 24 heavy (non-hydrogen) atoms. The molecule has 128 valence electrons. The van der Waals surface area contributed by atoms with Crippen LogP contribution in [0.5, 0.6) is 0 Å². The van der Waals surface area contributed by atoms with Gasteiger partial charge in [-0.3, -0.25) is 9.59 Å². The maximum atomic E-state index is 11.7. The summed E-state index contributed by atoms with van der Waals surface area (Å²) in [7, 11) is 0. The summed E-state index contributed by atoms with van der Waals surface area (Å²) in [6, 6.07) is 0. The lowest BCUT2D eigenvalue weighted by Gasteiger charge is -2.46. The van der Waals surface area contributed by atoms with E-state index in [2.05, 4.69) is 26.5 Å². The fraction of sp³-hybridized carbons (Fsp3) is 0.545. The molecule has 0 amide bonds. The van der Waals surface area contributed by atoms with Crippen molar-refractivity contribution >= 4 is 12.1 Å². The molecule has 0 aromatic heterocycles. The van der Waals surface area contributed by atoms with Gasteiger partial charge in [-0.25, -0.2) is 0 Å². The van der Waals surface area contributed by atoms with E-state index in [1.807, 2.05) is 6.08 Å². The maximum absolute atomic E-state index is 11.7. The van der Waals surface area contributed by atoms with Crippen molar-refractivity contribution in [1.82, 2.24) is 0 Å². The lowest BCUT2D eigenvalue weighted by atomic mass is 9.58. The number of hydrogen-bond acceptors (Lipinski definition) is 2. The van der Waals surface area contributed by atoms with E-state index in [1.54, 1.807) is 16.7 Å². The van der Waals surface area contributed by atoms with Gasteiger partial charge in [0.15, 0.2) is 5.78 Å². The van der Waals surface area contributed by atoms with Crippen LogP contribution < -0.4 is 0 Å². The van der Waals surface area contributed by atoms with E-state index in [9.17, 15) is 4.79 Å². The zero-order valence-corrected chi connectivity index (χ0v) is 14.9. The monoisotopic (exact) mass is 324 g/mol. The van der Waals surface area contributed by atoms with Crippen molar-refractivity contribution in [1.29, 1.82) is 0 Å². The summed E-state index contributed by atoms with van der Waals surface area (Å²) in [5.74, 6) is 2.02. The molecule has 0 bridgehead atoms. The third kappa shape index (κ3) is 2.76. The fourth-order valence-electron chi connectivity index (χ4n) is 5.16. The third-order valence-corrected chi connectivity index (χ3v) is 6.54. The standard InChI is InChI=1S/C19H24O.C3H4O/c1-12-3-5-16-15(12)7-8-18-17(16)6-4-13-11-14(20)9-10-19(13,18)2;1-2-3-4/h5,11-12,15H,3-4,6-10H2,1-2H3;2-3H,1H2. The van der Waals surface area contributed by atoms with Crippen LogP contribution in [0.2, 0.25) is 0 Å². The molecule has 0 saturated carbocycles. The Bertz CT molecular complexity index is 655. The number of hydrogen-bond donors (Lipinski definition) is 0. The average Bonchev–Trinajstić information content (AvgIpc) is 2.97. The molecule has 4 rings (SSSR count). The first-order chi connectivity index (χ1) is 11.5. The average molecular weight is 324 g/mol. The molecule has 0 aromatic carbocycles. The molecule has 3 atom stereocenters. The maximum Gasteiger partial charge on any atom is 0.155 e. The van der Waals surface area contributed by atoms with E-state index in [4.69, 9.17) is 4.79 Å². The van der Waals surface area contributed by atoms with Crippen molar-refractivity contribution in [3.05, 3.63) is 47.1 Å². The molecule has 0 fully saturated rings. The zero-order chi connectivity index (χ0) is 17.3. The van der Waals surface area contributed by atoms with Gasteiger partial charge in [0, 0.05) is 11.8 Å². The summed E-state index contributed by atoms with van der Waals surface area (Å²) in [4.78, 5) is 20.8. The number of aldehydes is 1. The van der Waals surface area contributed by atoms with E-state index >= 15 is 0 Å². The van der Waals surface area contributed by atoms with Crippen LogP contribution in [0.3, 0.4) is 0 Å². The Labute approximate surface area is 145 Å². The summed E-state index contributed by atoms with van der Waals surface area (Å²) in [6.07, 6.45) is 14.3. The van der Waals surface area contributed by atoms with Gasteiger partial charge < -0.3 is 0 Å². The number of allylic oxidation sites excluding steroid dienone is 7. The second-order valence-electron chi connectivity index (χ2n) is 7.81. The molecule has 2 heteroatoms. The van der Waals surface area contributed by atoms with Crippen molar-refractivity contribution in [3.8, 4) is 0 Å². The van der Waals surface area contributed by atoms with Crippen molar-refractivity contribution < 1.29 is 9.59 Å². The Morgan fingerprint density at radius 2 is 2.00 bits per heavy atom. The summed E-state index contributed by atoms with van der Waals surface area (Å²) in [5, 5.41) is 0. The minimum absolute atomic E-state index is 0.207. The molecule has 3 unspecified atom stereocenters. The lowest BCUT2D eigenvalue weighted by molar-refractivity contribution is -0.115. The van der Waals surface area contributed by atoms with Crippen LogP contribution >= 0.6 is 0 Å². The van der Waals surface area contributed by atoms with Gasteiger partial charge in [0.2, 0.25) is 0 Å². The van der Waals surface area contributed by atoms with Gasteiger partial charge in [0.25, 0.3) is 0 Å². The topological polar surface area (TPSA) is 34.1 Å². The lowest BCUT2D eigenvalue weighted by Crippen LogP contribution is -2.34. The molecular formula is C22H28O2. The van der Waals surface area contributed by atoms with Crippen LogP contribution in [-0.2, 0) is 9.59 Å². The Kier molecular flexibility index (Phi) is 4.76. The van der Waals surface area contributed by atoms with Gasteiger partial charge >= 0.3 is 0 Å². The van der Waals surface area contributed by atoms with E-state index in [0.717, 1.165) is 31.1 Å². The van der Waals surface area contributed by atoms with Gasteiger partial charge in [-0.05, 0) is 73.7 Å². The highest BCUT2D eigenvalue weighted by Crippen LogP contribution is 2.57. The number of carbonyl (C=O) groups is 2. The van der Waals surface area contributed by atoms with Crippen LogP contribution in [-0.4, -0.2) is 12.1 Å². The van der Waals surface area contributed by atoms with E-state index < -0.39 is 0 Å². The van der Waals surface area contributed by atoms with Gasteiger partial charge in [-0.1, -0.05) is 37.6 Å². The van der Waals surface area contributed by atoms with Crippen LogP contribution in [0.15, 0.2) is 47.1 Å². The van der Waals surface area contributed by atoms with Crippen molar-refractivity contribution in [2.24, 2.45) is 17.3 Å². The van der Waals surface area contributed by atoms with Crippen molar-refractivity contribution in [2.45, 2.75) is 58.8 Å². The minimum Gasteiger partial charge on any atom is -0.299 e. The fourth-order valence-corrected chi connectivity index (χ4v) is 5.16. The van der Waals surface area contributed by atoms with Crippen LogP contribution in [0.25, 0.3) is 0 Å². The first-order valence-corrected chi connectivity index (χ1v) is 9.24. The zero-order valence-electron chi connectivity index (χ0n) is 14.9. The highest BCUT2D eigenvalue weighted by Gasteiger charge is 2.44. The predicted molar refractivity (Wildman–Crippen MR) is 97.5 cm³/mol. The quantitative estimate of drug-likeness (QED) is 0.495. The van der Waals surface area contributed by atoms with E-state index in [-0.39, 0.29) is 5.41 Å². The van der Waals surface area contributed by atoms with Crippen molar-refractivity contribution in [2.75, 3.05) is 0 Å². The number of carbonyl (C=O) groups excluding carboxylic acids is 2. The van der Waals surface area contributed by atoms with Crippen LogP contribution in [0, 0.1) is 17.3 Å². The molecule has 0 aliphatic heterocycles. The number of fused-ring (bicyclic) bond motifs is 4. The normalized spacial score (nSPS) is 34.0. The molecular weight excluding hydrogens is 296 g/mol. The molecule has 0 saturated heterocycles. The molecule has 0 aromatic rings. The Morgan fingerprint density at radius 3 is 2.71 bits per heavy atom. The van der Waals surface area contributed by atoms with Gasteiger partial charge in [-0.15, -0.1) is 0 Å². The Hall–Kier alpha value is -1.70. The first-order valence-electron chi connectivity index (χ1n) is 9.24. The first kappa shape index (κ1) is 17.1. The second kappa shape index (κ2) is 6.66. The second-order valence-corrected chi connectivity index (χ2v) is 7.81. The predicted octanol–water partition coefficient (Wildman–Crippen LogP) is 5.12. The Balaban J connectivity index is 0.000000383. The van der Waals surface area contributed by atoms with Gasteiger partial charge in [0.05, 0.1) is 0 Å². The number of rotatable bonds is 1. The molecule has 0 heterocycles. The smallest absolute Gasteiger partial charge is 0.155 e. The number of ketones is 1. The highest BCUT2D eigenvalue weighted by atomic mass is 16.1. The van der Waals surface area contributed by atoms with Crippen molar-refractivity contribution in [3.63, 3.8) is 0 Å². The highest BCUT2D eigenvalue weighted by molar-refractivity contribution is 5.92. The molecule has 4 aliphatic carbocycles. The minimum atomic E-state index is 0.207. The molecule has 0 radical (unpaired) electrons. The molecule has 0 N–H and O–H groups in total. The molecule has 2 nitrogen and oxygen atoms in total. The van der Waals surface area contributed by atoms with Gasteiger partial charge in [0.1, 0.15) is 6.29 Å². The summed E-state index contributed by atoms with van der Waals surface area (Å²) in [5.41, 5.74) is 6.71. The van der Waals surface area contributed by atoms with E-state index in [0.29, 0.717) is 12.1 Å². The summed E-state index contributed by atoms with van der Waals surface area (Å²) < 4.78 is 0. The summed E-state index contributed by atoms with van der Waals surface area (Å²) >= 11 is 0. The van der Waals surface area contributed by atoms with Crippen LogP contribution in [0.4, 0.5) is 0 Å². The summed E-state index contributed by atoms with van der Waals surface area (Å²) in [6.45, 7) is 7.92. The van der Waals surface area contributed by atoms with Gasteiger partial charge in [-0.2, -0.15) is 0 Å². The molecule has 4 aliphatic rings. The Morgan fingerprint density at radius 1 is 1.25 bits per heavy atom. The third-order valence-electron chi connectivity index (χ3n) is 6.54.